The molecule has 0 fully saturated rings. The minimum Gasteiger partial charge on any atom is -0.310 e. The fourth-order valence-electron chi connectivity index (χ4n) is 2.63. The van der Waals surface area contributed by atoms with Gasteiger partial charge in [0.15, 0.2) is 0 Å². The van der Waals surface area contributed by atoms with Crippen LogP contribution in [0.5, 0.6) is 0 Å². The number of benzene rings is 1. The molecule has 24 heavy (non-hydrogen) atoms. The van der Waals surface area contributed by atoms with E-state index in [-0.39, 0.29) is 5.91 Å². The molecule has 0 aliphatic rings. The zero-order valence-electron chi connectivity index (χ0n) is 13.9. The summed E-state index contributed by atoms with van der Waals surface area (Å²) in [5.41, 5.74) is 2.10. The number of carbonyl (C=O) groups is 1. The number of rotatable bonds is 6. The number of aromatic nitrogens is 3. The standard InChI is InChI=1S/C18H21N5O/c1-3-23(4-2)12-18(24)22-17-8-15-7-13(16-10-20-21-11-16)5-6-14(15)9-19-17/h5-11H,3-4,12H2,1-2H3,(H,20,21)(H,19,22,24). The van der Waals surface area contributed by atoms with Crippen molar-refractivity contribution < 1.29 is 4.79 Å². The fraction of sp³-hybridized carbons (Fsp3) is 0.278. The molecule has 0 radical (unpaired) electrons. The molecule has 6 heteroatoms. The lowest BCUT2D eigenvalue weighted by molar-refractivity contribution is -0.117. The number of H-pyrrole nitrogens is 1. The number of nitrogens with one attached hydrogen (secondary N) is 2. The summed E-state index contributed by atoms with van der Waals surface area (Å²) in [6.07, 6.45) is 5.42. The average Bonchev–Trinajstić information content (AvgIpc) is 3.13. The van der Waals surface area contributed by atoms with E-state index >= 15 is 0 Å². The highest BCUT2D eigenvalue weighted by atomic mass is 16.2. The molecule has 2 aromatic heterocycles. The summed E-state index contributed by atoms with van der Waals surface area (Å²) in [6.45, 7) is 6.17. The quantitative estimate of drug-likeness (QED) is 0.731. The summed E-state index contributed by atoms with van der Waals surface area (Å²) < 4.78 is 0. The van der Waals surface area contributed by atoms with Gasteiger partial charge in [0, 0.05) is 23.3 Å². The summed E-state index contributed by atoms with van der Waals surface area (Å²) in [5.74, 6) is 0.528. The number of hydrogen-bond acceptors (Lipinski definition) is 4. The van der Waals surface area contributed by atoms with Crippen LogP contribution in [0.15, 0.2) is 42.9 Å². The summed E-state index contributed by atoms with van der Waals surface area (Å²) >= 11 is 0. The highest BCUT2D eigenvalue weighted by molar-refractivity contribution is 5.94. The third kappa shape index (κ3) is 3.60. The molecule has 0 unspecified atom stereocenters. The molecule has 0 spiro atoms. The first-order chi connectivity index (χ1) is 11.7. The Balaban J connectivity index is 1.81. The number of nitrogens with zero attached hydrogens (tertiary/aromatic N) is 3. The zero-order chi connectivity index (χ0) is 16.9. The smallest absolute Gasteiger partial charge is 0.239 e. The molecule has 0 saturated heterocycles. The fourth-order valence-corrected chi connectivity index (χ4v) is 2.63. The highest BCUT2D eigenvalue weighted by Crippen LogP contribution is 2.24. The Kier molecular flexibility index (Phi) is 4.86. The molecule has 3 aromatic rings. The molecule has 0 aliphatic heterocycles. The summed E-state index contributed by atoms with van der Waals surface area (Å²) in [6, 6.07) is 8.03. The van der Waals surface area contributed by atoms with E-state index in [2.05, 4.69) is 31.5 Å². The number of hydrogen-bond donors (Lipinski definition) is 2. The van der Waals surface area contributed by atoms with E-state index in [9.17, 15) is 4.79 Å². The van der Waals surface area contributed by atoms with Gasteiger partial charge in [0.05, 0.1) is 12.7 Å². The Morgan fingerprint density at radius 2 is 1.96 bits per heavy atom. The topological polar surface area (TPSA) is 73.9 Å². The van der Waals surface area contributed by atoms with Crippen LogP contribution >= 0.6 is 0 Å². The molecule has 0 atom stereocenters. The Morgan fingerprint density at radius 3 is 2.67 bits per heavy atom. The SMILES string of the molecule is CCN(CC)CC(=O)Nc1cc2cc(-c3cn[nH]c3)ccc2cn1. The van der Waals surface area contributed by atoms with E-state index in [1.165, 1.54) is 0 Å². The van der Waals surface area contributed by atoms with Crippen molar-refractivity contribution in [3.63, 3.8) is 0 Å². The predicted molar refractivity (Wildman–Crippen MR) is 95.7 cm³/mol. The maximum absolute atomic E-state index is 12.1. The molecular formula is C18H21N5O. The molecule has 1 aromatic carbocycles. The van der Waals surface area contributed by atoms with Crippen molar-refractivity contribution in [2.75, 3.05) is 25.0 Å². The number of pyridine rings is 1. The van der Waals surface area contributed by atoms with Crippen molar-refractivity contribution in [2.45, 2.75) is 13.8 Å². The van der Waals surface area contributed by atoms with Crippen molar-refractivity contribution in [3.8, 4) is 11.1 Å². The van der Waals surface area contributed by atoms with Gasteiger partial charge in [0.1, 0.15) is 5.82 Å². The summed E-state index contributed by atoms with van der Waals surface area (Å²) in [4.78, 5) is 18.5. The summed E-state index contributed by atoms with van der Waals surface area (Å²) in [5, 5.41) is 11.7. The maximum atomic E-state index is 12.1. The number of likely N-dealkylation sites (N-methyl/N-ethyl adjacent to an activating group) is 1. The lowest BCUT2D eigenvalue weighted by atomic mass is 10.1. The third-order valence-corrected chi connectivity index (χ3v) is 4.08. The Hall–Kier alpha value is -2.73. The maximum Gasteiger partial charge on any atom is 0.239 e. The molecule has 0 aliphatic carbocycles. The van der Waals surface area contributed by atoms with Crippen LogP contribution < -0.4 is 5.32 Å². The normalized spacial score (nSPS) is 11.1. The monoisotopic (exact) mass is 323 g/mol. The molecular weight excluding hydrogens is 302 g/mol. The van der Waals surface area contributed by atoms with Gasteiger partial charge in [-0.3, -0.25) is 14.8 Å². The van der Waals surface area contributed by atoms with Crippen LogP contribution in [0.1, 0.15) is 13.8 Å². The van der Waals surface area contributed by atoms with Crippen LogP contribution in [0.3, 0.4) is 0 Å². The molecule has 1 amide bonds. The average molecular weight is 323 g/mol. The lowest BCUT2D eigenvalue weighted by Gasteiger charge is -2.17. The van der Waals surface area contributed by atoms with Crippen LogP contribution in [-0.2, 0) is 4.79 Å². The molecule has 2 N–H and O–H groups in total. The van der Waals surface area contributed by atoms with Crippen LogP contribution in [-0.4, -0.2) is 45.6 Å². The Morgan fingerprint density at radius 1 is 1.12 bits per heavy atom. The first-order valence-corrected chi connectivity index (χ1v) is 8.10. The first kappa shape index (κ1) is 16.1. The molecule has 2 heterocycles. The van der Waals surface area contributed by atoms with Gasteiger partial charge in [-0.05, 0) is 36.2 Å². The van der Waals surface area contributed by atoms with Crippen molar-refractivity contribution >= 4 is 22.5 Å². The molecule has 0 bridgehead atoms. The number of carbonyl (C=O) groups excluding carboxylic acids is 1. The van der Waals surface area contributed by atoms with Gasteiger partial charge in [-0.25, -0.2) is 4.98 Å². The second-order valence-electron chi connectivity index (χ2n) is 5.63. The third-order valence-electron chi connectivity index (χ3n) is 4.08. The number of amides is 1. The van der Waals surface area contributed by atoms with E-state index in [0.717, 1.165) is 35.0 Å². The predicted octanol–water partition coefficient (Wildman–Crippen LogP) is 2.91. The van der Waals surface area contributed by atoms with Gasteiger partial charge in [0.2, 0.25) is 5.91 Å². The van der Waals surface area contributed by atoms with Crippen molar-refractivity contribution in [2.24, 2.45) is 0 Å². The van der Waals surface area contributed by atoms with Crippen molar-refractivity contribution in [3.05, 3.63) is 42.9 Å². The summed E-state index contributed by atoms with van der Waals surface area (Å²) in [7, 11) is 0. The van der Waals surface area contributed by atoms with Crippen molar-refractivity contribution in [1.82, 2.24) is 20.1 Å². The van der Waals surface area contributed by atoms with E-state index < -0.39 is 0 Å². The second-order valence-corrected chi connectivity index (χ2v) is 5.63. The Bertz CT molecular complexity index is 825. The van der Waals surface area contributed by atoms with Gasteiger partial charge in [-0.2, -0.15) is 5.10 Å². The Labute approximate surface area is 140 Å². The van der Waals surface area contributed by atoms with Gasteiger partial charge in [-0.15, -0.1) is 0 Å². The van der Waals surface area contributed by atoms with E-state index in [1.54, 1.807) is 12.4 Å². The van der Waals surface area contributed by atoms with Gasteiger partial charge in [0.25, 0.3) is 0 Å². The molecule has 3 rings (SSSR count). The van der Waals surface area contributed by atoms with Gasteiger partial charge < -0.3 is 5.32 Å². The van der Waals surface area contributed by atoms with Gasteiger partial charge in [-0.1, -0.05) is 26.0 Å². The largest absolute Gasteiger partial charge is 0.310 e. The van der Waals surface area contributed by atoms with Crippen LogP contribution in [0.25, 0.3) is 21.9 Å². The zero-order valence-corrected chi connectivity index (χ0v) is 13.9. The van der Waals surface area contributed by atoms with Crippen LogP contribution in [0.2, 0.25) is 0 Å². The van der Waals surface area contributed by atoms with Crippen LogP contribution in [0.4, 0.5) is 5.82 Å². The van der Waals surface area contributed by atoms with Gasteiger partial charge >= 0.3 is 0 Å². The molecule has 6 nitrogen and oxygen atoms in total. The second kappa shape index (κ2) is 7.23. The molecule has 0 saturated carbocycles. The highest BCUT2D eigenvalue weighted by Gasteiger charge is 2.09. The van der Waals surface area contributed by atoms with E-state index in [0.29, 0.717) is 12.4 Å². The van der Waals surface area contributed by atoms with Crippen molar-refractivity contribution in [1.29, 1.82) is 0 Å². The first-order valence-electron chi connectivity index (χ1n) is 8.10. The molecule has 124 valence electrons. The van der Waals surface area contributed by atoms with E-state index in [4.69, 9.17) is 0 Å². The number of fused-ring (bicyclic) bond motifs is 1. The lowest BCUT2D eigenvalue weighted by Crippen LogP contribution is -2.33. The van der Waals surface area contributed by atoms with E-state index in [1.807, 2.05) is 38.2 Å². The minimum atomic E-state index is -0.0449. The van der Waals surface area contributed by atoms with Crippen LogP contribution in [0, 0.1) is 0 Å². The number of anilines is 1. The minimum absolute atomic E-state index is 0.0449. The number of aromatic amines is 1.